The molecule has 2 aromatic heterocycles. The Kier molecular flexibility index (Phi) is 2.89. The van der Waals surface area contributed by atoms with Crippen LogP contribution in [0.3, 0.4) is 0 Å². The molecule has 1 aromatic carbocycles. The zero-order chi connectivity index (χ0) is 13.2. The monoisotopic (exact) mass is 269 g/mol. The van der Waals surface area contributed by atoms with E-state index in [1.165, 1.54) is 11.3 Å². The average molecular weight is 269 g/mol. The largest absolute Gasteiger partial charge is 0.384 e. The molecule has 0 unspecified atom stereocenters. The highest BCUT2D eigenvalue weighted by Crippen LogP contribution is 2.21. The van der Waals surface area contributed by atoms with E-state index in [0.717, 1.165) is 16.6 Å². The van der Waals surface area contributed by atoms with Crippen molar-refractivity contribution in [2.24, 2.45) is 0 Å². The molecular formula is C14H11N3OS. The molecule has 3 rings (SSSR count). The number of hydrogen-bond acceptors (Lipinski definition) is 4. The molecule has 1 amide bonds. The van der Waals surface area contributed by atoms with E-state index in [-0.39, 0.29) is 5.91 Å². The Labute approximate surface area is 113 Å². The number of carbonyl (C=O) groups excluding carboxylic acids is 1. The number of para-hydroxylation sites is 1. The van der Waals surface area contributed by atoms with Gasteiger partial charge in [0.1, 0.15) is 5.82 Å². The van der Waals surface area contributed by atoms with Crippen LogP contribution in [-0.4, -0.2) is 10.9 Å². The van der Waals surface area contributed by atoms with Gasteiger partial charge < -0.3 is 11.1 Å². The van der Waals surface area contributed by atoms with Gasteiger partial charge in [0.25, 0.3) is 5.91 Å². The Morgan fingerprint density at radius 1 is 1.26 bits per heavy atom. The fourth-order valence-corrected chi connectivity index (χ4v) is 2.51. The second-order valence-electron chi connectivity index (χ2n) is 4.08. The Balaban J connectivity index is 2.06. The maximum absolute atomic E-state index is 12.3. The van der Waals surface area contributed by atoms with Crippen LogP contribution in [0.5, 0.6) is 0 Å². The van der Waals surface area contributed by atoms with E-state index in [1.807, 2.05) is 41.1 Å². The van der Waals surface area contributed by atoms with E-state index in [1.54, 1.807) is 6.07 Å². The Morgan fingerprint density at radius 2 is 2.11 bits per heavy atom. The standard InChI is InChI=1S/C14H11N3OS/c15-13-7-11(10-3-1-2-4-12(10)17-13)14(18)16-9-5-6-19-8-9/h1-8H,(H2,15,17)(H,16,18). The number of rotatable bonds is 2. The van der Waals surface area contributed by atoms with Crippen LogP contribution in [0.15, 0.2) is 47.2 Å². The molecule has 0 bridgehead atoms. The maximum atomic E-state index is 12.3. The smallest absolute Gasteiger partial charge is 0.256 e. The summed E-state index contributed by atoms with van der Waals surface area (Å²) >= 11 is 1.53. The third-order valence-corrected chi connectivity index (χ3v) is 3.44. The summed E-state index contributed by atoms with van der Waals surface area (Å²) in [4.78, 5) is 16.5. The van der Waals surface area contributed by atoms with Gasteiger partial charge in [-0.1, -0.05) is 18.2 Å². The number of carbonyl (C=O) groups is 1. The molecule has 19 heavy (non-hydrogen) atoms. The number of pyridine rings is 1. The third-order valence-electron chi connectivity index (χ3n) is 2.76. The molecular weight excluding hydrogens is 258 g/mol. The van der Waals surface area contributed by atoms with Crippen molar-refractivity contribution < 1.29 is 4.79 Å². The lowest BCUT2D eigenvalue weighted by Gasteiger charge is -2.07. The fourth-order valence-electron chi connectivity index (χ4n) is 1.92. The second kappa shape index (κ2) is 4.70. The predicted octanol–water partition coefficient (Wildman–Crippen LogP) is 3.13. The van der Waals surface area contributed by atoms with Gasteiger partial charge in [0.15, 0.2) is 0 Å². The summed E-state index contributed by atoms with van der Waals surface area (Å²) in [6.45, 7) is 0. The van der Waals surface area contributed by atoms with Crippen LogP contribution in [0.2, 0.25) is 0 Å². The van der Waals surface area contributed by atoms with Gasteiger partial charge >= 0.3 is 0 Å². The highest BCUT2D eigenvalue weighted by atomic mass is 32.1. The predicted molar refractivity (Wildman–Crippen MR) is 78.4 cm³/mol. The first-order valence-corrected chi connectivity index (χ1v) is 6.67. The molecule has 94 valence electrons. The van der Waals surface area contributed by atoms with Crippen molar-refractivity contribution in [1.29, 1.82) is 0 Å². The van der Waals surface area contributed by atoms with Crippen LogP contribution in [0.4, 0.5) is 11.5 Å². The maximum Gasteiger partial charge on any atom is 0.256 e. The van der Waals surface area contributed by atoms with Gasteiger partial charge in [0.05, 0.1) is 16.8 Å². The van der Waals surface area contributed by atoms with Crippen LogP contribution >= 0.6 is 11.3 Å². The van der Waals surface area contributed by atoms with Crippen molar-refractivity contribution in [3.8, 4) is 0 Å². The van der Waals surface area contributed by atoms with Crippen molar-refractivity contribution in [2.45, 2.75) is 0 Å². The van der Waals surface area contributed by atoms with E-state index >= 15 is 0 Å². The van der Waals surface area contributed by atoms with Gasteiger partial charge in [0.2, 0.25) is 0 Å². The molecule has 0 aliphatic carbocycles. The van der Waals surface area contributed by atoms with Gasteiger partial charge in [-0.2, -0.15) is 11.3 Å². The molecule has 0 saturated heterocycles. The minimum absolute atomic E-state index is 0.177. The molecule has 0 aliphatic heterocycles. The lowest BCUT2D eigenvalue weighted by atomic mass is 10.1. The molecule has 3 N–H and O–H groups in total. The van der Waals surface area contributed by atoms with Crippen molar-refractivity contribution >= 4 is 39.7 Å². The van der Waals surface area contributed by atoms with Gasteiger partial charge in [-0.3, -0.25) is 4.79 Å². The highest BCUT2D eigenvalue weighted by Gasteiger charge is 2.12. The molecule has 5 heteroatoms. The third kappa shape index (κ3) is 2.28. The van der Waals surface area contributed by atoms with Crippen molar-refractivity contribution in [3.63, 3.8) is 0 Å². The quantitative estimate of drug-likeness (QED) is 0.751. The van der Waals surface area contributed by atoms with E-state index < -0.39 is 0 Å². The number of hydrogen-bond donors (Lipinski definition) is 2. The summed E-state index contributed by atoms with van der Waals surface area (Å²) in [6, 6.07) is 10.9. The first kappa shape index (κ1) is 11.7. The molecule has 0 aliphatic rings. The molecule has 0 saturated carbocycles. The number of aromatic nitrogens is 1. The normalized spacial score (nSPS) is 10.5. The molecule has 2 heterocycles. The number of benzene rings is 1. The van der Waals surface area contributed by atoms with Gasteiger partial charge in [0, 0.05) is 10.8 Å². The van der Waals surface area contributed by atoms with Gasteiger partial charge in [-0.05, 0) is 23.6 Å². The molecule has 0 radical (unpaired) electrons. The second-order valence-corrected chi connectivity index (χ2v) is 4.86. The van der Waals surface area contributed by atoms with E-state index in [2.05, 4.69) is 10.3 Å². The summed E-state index contributed by atoms with van der Waals surface area (Å²) in [5.74, 6) is 0.165. The van der Waals surface area contributed by atoms with E-state index in [4.69, 9.17) is 5.73 Å². The van der Waals surface area contributed by atoms with Crippen LogP contribution in [0.1, 0.15) is 10.4 Å². The first-order valence-electron chi connectivity index (χ1n) is 5.73. The summed E-state index contributed by atoms with van der Waals surface area (Å²) in [5.41, 5.74) is 7.79. The first-order chi connectivity index (χ1) is 9.24. The lowest BCUT2D eigenvalue weighted by molar-refractivity contribution is 0.102. The number of nitrogen functional groups attached to an aromatic ring is 1. The Bertz CT molecular complexity index is 738. The van der Waals surface area contributed by atoms with Crippen LogP contribution in [0.25, 0.3) is 10.9 Å². The number of thiophene rings is 1. The average Bonchev–Trinajstić information content (AvgIpc) is 2.90. The van der Waals surface area contributed by atoms with Gasteiger partial charge in [-0.25, -0.2) is 4.98 Å². The Hall–Kier alpha value is -2.40. The molecule has 0 atom stereocenters. The SMILES string of the molecule is Nc1cc(C(=O)Nc2ccsc2)c2ccccc2n1. The van der Waals surface area contributed by atoms with Crippen LogP contribution in [-0.2, 0) is 0 Å². The number of amides is 1. The zero-order valence-corrected chi connectivity index (χ0v) is 10.8. The van der Waals surface area contributed by atoms with Crippen molar-refractivity contribution in [2.75, 3.05) is 11.1 Å². The van der Waals surface area contributed by atoms with Gasteiger partial charge in [-0.15, -0.1) is 0 Å². The van der Waals surface area contributed by atoms with E-state index in [0.29, 0.717) is 11.4 Å². The number of nitrogens with one attached hydrogen (secondary N) is 1. The minimum Gasteiger partial charge on any atom is -0.384 e. The topological polar surface area (TPSA) is 68.0 Å². The summed E-state index contributed by atoms with van der Waals surface area (Å²) in [6.07, 6.45) is 0. The fraction of sp³-hybridized carbons (Fsp3) is 0. The highest BCUT2D eigenvalue weighted by molar-refractivity contribution is 7.08. The number of nitrogens with zero attached hydrogens (tertiary/aromatic N) is 1. The zero-order valence-electron chi connectivity index (χ0n) is 9.96. The number of anilines is 2. The lowest BCUT2D eigenvalue weighted by Crippen LogP contribution is -2.12. The number of fused-ring (bicyclic) bond motifs is 1. The number of nitrogens with two attached hydrogens (primary N) is 1. The summed E-state index contributed by atoms with van der Waals surface area (Å²) in [7, 11) is 0. The molecule has 0 fully saturated rings. The molecule has 4 nitrogen and oxygen atoms in total. The van der Waals surface area contributed by atoms with Crippen molar-refractivity contribution in [1.82, 2.24) is 4.98 Å². The van der Waals surface area contributed by atoms with E-state index in [9.17, 15) is 4.79 Å². The molecule has 0 spiro atoms. The Morgan fingerprint density at radius 3 is 2.89 bits per heavy atom. The summed E-state index contributed by atoms with van der Waals surface area (Å²) < 4.78 is 0. The van der Waals surface area contributed by atoms with Crippen molar-refractivity contribution in [3.05, 3.63) is 52.7 Å². The minimum atomic E-state index is -0.177. The molecule has 3 aromatic rings. The van der Waals surface area contributed by atoms with Crippen LogP contribution in [0, 0.1) is 0 Å². The summed E-state index contributed by atoms with van der Waals surface area (Å²) in [5, 5.41) is 7.43. The van der Waals surface area contributed by atoms with Crippen LogP contribution < -0.4 is 11.1 Å².